The minimum absolute atomic E-state index is 0.0542. The average molecular weight is 466 g/mol. The monoisotopic (exact) mass is 466 g/mol. The van der Waals surface area contributed by atoms with Crippen LogP contribution < -0.4 is 19.5 Å². The zero-order valence-corrected chi connectivity index (χ0v) is 17.6. The van der Waals surface area contributed by atoms with Crippen LogP contribution >= 0.6 is 0 Å². The first-order chi connectivity index (χ1) is 15.2. The topological polar surface area (TPSA) is 93.7 Å². The van der Waals surface area contributed by atoms with Crippen molar-refractivity contribution in [3.63, 3.8) is 0 Å². The molecule has 0 aromatic heterocycles. The third kappa shape index (κ3) is 4.62. The van der Waals surface area contributed by atoms with Gasteiger partial charge in [0.25, 0.3) is 15.9 Å². The molecule has 0 atom stereocenters. The summed E-state index contributed by atoms with van der Waals surface area (Å²) in [7, 11) is -2.15. The van der Waals surface area contributed by atoms with E-state index in [9.17, 15) is 26.4 Å². The number of methoxy groups -OCH3 is 2. The lowest BCUT2D eigenvalue weighted by Gasteiger charge is -2.17. The maximum atomic E-state index is 14.0. The molecule has 0 aliphatic carbocycles. The molecular weight excluding hydrogens is 449 g/mol. The van der Waals surface area contributed by atoms with Crippen molar-refractivity contribution in [2.75, 3.05) is 24.3 Å². The highest BCUT2D eigenvalue weighted by Gasteiger charge is 2.26. The van der Waals surface area contributed by atoms with Crippen molar-refractivity contribution in [2.24, 2.45) is 0 Å². The van der Waals surface area contributed by atoms with Gasteiger partial charge in [-0.1, -0.05) is 18.2 Å². The van der Waals surface area contributed by atoms with Crippen LogP contribution in [0.4, 0.5) is 24.5 Å². The number of sulfonamides is 1. The highest BCUT2D eigenvalue weighted by molar-refractivity contribution is 7.92. The Labute approximate surface area is 181 Å². The first-order valence-corrected chi connectivity index (χ1v) is 10.4. The molecule has 0 unspecified atom stereocenters. The third-order valence-electron chi connectivity index (χ3n) is 4.34. The third-order valence-corrected chi connectivity index (χ3v) is 5.72. The summed E-state index contributed by atoms with van der Waals surface area (Å²) in [5.74, 6) is -5.77. The fraction of sp³-hybridized carbons (Fsp3) is 0.0952. The number of rotatable bonds is 7. The Hall–Kier alpha value is -3.73. The van der Waals surface area contributed by atoms with E-state index in [1.54, 1.807) is 30.3 Å². The number of nitrogens with one attached hydrogen (secondary N) is 2. The second kappa shape index (κ2) is 9.18. The number of hydrogen-bond donors (Lipinski definition) is 2. The van der Waals surface area contributed by atoms with Crippen LogP contribution in [0.3, 0.4) is 0 Å². The van der Waals surface area contributed by atoms with Gasteiger partial charge in [0.2, 0.25) is 0 Å². The van der Waals surface area contributed by atoms with Crippen LogP contribution in [0.25, 0.3) is 0 Å². The van der Waals surface area contributed by atoms with Crippen molar-refractivity contribution in [1.82, 2.24) is 0 Å². The standard InChI is InChI=1S/C21H17F3N2O5S/c1-30-16-11-15(26-32(28,29)18-9-8-13(22)19(23)20(18)24)17(31-2)10-14(16)25-21(27)12-6-4-3-5-7-12/h3-11,26H,1-2H3,(H,25,27). The summed E-state index contributed by atoms with van der Waals surface area (Å²) in [6.07, 6.45) is 0. The Balaban J connectivity index is 1.97. The molecule has 3 aromatic rings. The highest BCUT2D eigenvalue weighted by Crippen LogP contribution is 2.38. The summed E-state index contributed by atoms with van der Waals surface area (Å²) in [4.78, 5) is 11.4. The Kier molecular flexibility index (Phi) is 6.58. The van der Waals surface area contributed by atoms with E-state index in [-0.39, 0.29) is 22.9 Å². The number of ether oxygens (including phenoxy) is 2. The smallest absolute Gasteiger partial charge is 0.265 e. The van der Waals surface area contributed by atoms with Crippen molar-refractivity contribution in [1.29, 1.82) is 0 Å². The van der Waals surface area contributed by atoms with Crippen LogP contribution in [0.1, 0.15) is 10.4 Å². The zero-order chi connectivity index (χ0) is 23.5. The fourth-order valence-electron chi connectivity index (χ4n) is 2.77. The lowest BCUT2D eigenvalue weighted by molar-refractivity contribution is 0.102. The van der Waals surface area contributed by atoms with E-state index in [1.807, 2.05) is 0 Å². The Morgan fingerprint density at radius 2 is 1.44 bits per heavy atom. The van der Waals surface area contributed by atoms with Gasteiger partial charge in [-0.05, 0) is 24.3 Å². The number of amides is 1. The Bertz CT molecular complexity index is 1270. The predicted octanol–water partition coefficient (Wildman–Crippen LogP) is 4.17. The molecular formula is C21H17F3N2O5S. The van der Waals surface area contributed by atoms with Crippen LogP contribution in [0.5, 0.6) is 11.5 Å². The molecule has 168 valence electrons. The van der Waals surface area contributed by atoms with Crippen molar-refractivity contribution >= 4 is 27.3 Å². The summed E-state index contributed by atoms with van der Waals surface area (Å²) in [6.45, 7) is 0. The van der Waals surface area contributed by atoms with Gasteiger partial charge in [0.15, 0.2) is 17.5 Å². The highest BCUT2D eigenvalue weighted by atomic mass is 32.2. The van der Waals surface area contributed by atoms with Crippen molar-refractivity contribution < 1.29 is 35.9 Å². The fourth-order valence-corrected chi connectivity index (χ4v) is 3.91. The largest absolute Gasteiger partial charge is 0.494 e. The summed E-state index contributed by atoms with van der Waals surface area (Å²) < 4.78 is 78.3. The number of halogens is 3. The summed E-state index contributed by atoms with van der Waals surface area (Å²) in [5, 5.41) is 2.62. The van der Waals surface area contributed by atoms with Gasteiger partial charge < -0.3 is 14.8 Å². The molecule has 0 saturated heterocycles. The second-order valence-electron chi connectivity index (χ2n) is 6.35. The van der Waals surface area contributed by atoms with Crippen LogP contribution in [0.2, 0.25) is 0 Å². The minimum atomic E-state index is -4.67. The van der Waals surface area contributed by atoms with Crippen LogP contribution in [-0.2, 0) is 10.0 Å². The molecule has 0 heterocycles. The first kappa shape index (κ1) is 22.9. The molecule has 0 saturated carbocycles. The van der Waals surface area contributed by atoms with Gasteiger partial charge in [-0.3, -0.25) is 9.52 Å². The Morgan fingerprint density at radius 1 is 0.844 bits per heavy atom. The lowest BCUT2D eigenvalue weighted by Crippen LogP contribution is -2.17. The molecule has 0 aliphatic heterocycles. The first-order valence-electron chi connectivity index (χ1n) is 8.96. The van der Waals surface area contributed by atoms with E-state index in [2.05, 4.69) is 10.0 Å². The van der Waals surface area contributed by atoms with E-state index in [4.69, 9.17) is 9.47 Å². The summed E-state index contributed by atoms with van der Waals surface area (Å²) >= 11 is 0. The Morgan fingerprint density at radius 3 is 2.06 bits per heavy atom. The molecule has 3 aromatic carbocycles. The van der Waals surface area contributed by atoms with Gasteiger partial charge in [-0.2, -0.15) is 0 Å². The van der Waals surface area contributed by atoms with Crippen molar-refractivity contribution in [2.45, 2.75) is 4.90 Å². The van der Waals surface area contributed by atoms with Crippen molar-refractivity contribution in [3.05, 3.63) is 77.6 Å². The van der Waals surface area contributed by atoms with E-state index >= 15 is 0 Å². The molecule has 1 amide bonds. The van der Waals surface area contributed by atoms with Gasteiger partial charge in [-0.25, -0.2) is 21.6 Å². The minimum Gasteiger partial charge on any atom is -0.494 e. The SMILES string of the molecule is COc1cc(NS(=O)(=O)c2ccc(F)c(F)c2F)c(OC)cc1NC(=O)c1ccccc1. The zero-order valence-electron chi connectivity index (χ0n) is 16.8. The molecule has 11 heteroatoms. The molecule has 3 rings (SSSR count). The number of benzene rings is 3. The lowest BCUT2D eigenvalue weighted by atomic mass is 10.2. The van der Waals surface area contributed by atoms with Gasteiger partial charge >= 0.3 is 0 Å². The number of hydrogen-bond acceptors (Lipinski definition) is 5. The summed E-state index contributed by atoms with van der Waals surface area (Å²) in [5.41, 5.74) is 0.346. The molecule has 2 N–H and O–H groups in total. The van der Waals surface area contributed by atoms with Gasteiger partial charge in [0, 0.05) is 17.7 Å². The van der Waals surface area contributed by atoms with Crippen molar-refractivity contribution in [3.8, 4) is 11.5 Å². The molecule has 0 spiro atoms. The number of carbonyl (C=O) groups is 1. The average Bonchev–Trinajstić information content (AvgIpc) is 2.78. The van der Waals surface area contributed by atoms with Crippen LogP contribution in [-0.4, -0.2) is 28.5 Å². The van der Waals surface area contributed by atoms with E-state index in [1.165, 1.54) is 26.4 Å². The van der Waals surface area contributed by atoms with Gasteiger partial charge in [0.05, 0.1) is 25.6 Å². The maximum Gasteiger partial charge on any atom is 0.265 e. The number of anilines is 2. The molecule has 0 aliphatic rings. The van der Waals surface area contributed by atoms with E-state index in [0.29, 0.717) is 17.7 Å². The van der Waals surface area contributed by atoms with E-state index < -0.39 is 38.3 Å². The quantitative estimate of drug-likeness (QED) is 0.510. The maximum absolute atomic E-state index is 14.0. The normalized spacial score (nSPS) is 11.0. The molecule has 7 nitrogen and oxygen atoms in total. The number of carbonyl (C=O) groups excluding carboxylic acids is 1. The van der Waals surface area contributed by atoms with Gasteiger partial charge in [0.1, 0.15) is 16.4 Å². The second-order valence-corrected chi connectivity index (χ2v) is 8.00. The molecule has 0 bridgehead atoms. The summed E-state index contributed by atoms with van der Waals surface area (Å²) in [6, 6.07) is 11.9. The van der Waals surface area contributed by atoms with Crippen LogP contribution in [0.15, 0.2) is 59.5 Å². The van der Waals surface area contributed by atoms with Crippen LogP contribution in [0, 0.1) is 17.5 Å². The van der Waals surface area contributed by atoms with Gasteiger partial charge in [-0.15, -0.1) is 0 Å². The molecule has 32 heavy (non-hydrogen) atoms. The van der Waals surface area contributed by atoms with E-state index in [0.717, 1.165) is 0 Å². The molecule has 0 fully saturated rings. The molecule has 0 radical (unpaired) electrons. The predicted molar refractivity (Wildman–Crippen MR) is 111 cm³/mol.